The van der Waals surface area contributed by atoms with Gasteiger partial charge >= 0.3 is 0 Å². The lowest BCUT2D eigenvalue weighted by atomic mass is 10.1. The largest absolute Gasteiger partial charge is 0.483 e. The molecule has 3 aromatic heterocycles. The van der Waals surface area contributed by atoms with Gasteiger partial charge in [0, 0.05) is 27.6 Å². The van der Waals surface area contributed by atoms with Crippen LogP contribution in [0, 0.1) is 3.57 Å². The fraction of sp³-hybridized carbons (Fsp3) is 0.227. The Balaban J connectivity index is 1.38. The lowest BCUT2D eigenvalue weighted by Crippen LogP contribution is -2.30. The van der Waals surface area contributed by atoms with E-state index in [4.69, 9.17) is 14.2 Å². The van der Waals surface area contributed by atoms with Crippen LogP contribution in [0.2, 0.25) is 0 Å². The van der Waals surface area contributed by atoms with Crippen LogP contribution >= 0.6 is 22.6 Å². The van der Waals surface area contributed by atoms with Crippen molar-refractivity contribution in [3.8, 4) is 17.4 Å². The number of rotatable bonds is 4. The van der Waals surface area contributed by atoms with Crippen LogP contribution in [-0.4, -0.2) is 32.7 Å². The number of ether oxygens (including phenoxy) is 3. The molecule has 30 heavy (non-hydrogen) atoms. The maximum absolute atomic E-state index is 6.24. The van der Waals surface area contributed by atoms with Gasteiger partial charge in [-0.25, -0.2) is 15.0 Å². The molecular formula is C22H19IN4O3. The lowest BCUT2D eigenvalue weighted by Gasteiger charge is -2.32. The Morgan fingerprint density at radius 3 is 2.73 bits per heavy atom. The number of nitrogens with zero attached hydrogens (tertiary/aromatic N) is 4. The lowest BCUT2D eigenvalue weighted by molar-refractivity contribution is 0.0303. The van der Waals surface area contributed by atoms with Crippen LogP contribution < -0.4 is 14.2 Å². The molecule has 152 valence electrons. The predicted octanol–water partition coefficient (Wildman–Crippen LogP) is 4.39. The van der Waals surface area contributed by atoms with Gasteiger partial charge in [0.05, 0.1) is 20.0 Å². The van der Waals surface area contributed by atoms with E-state index in [1.807, 2.05) is 60.4 Å². The molecule has 1 aromatic carbocycles. The van der Waals surface area contributed by atoms with Crippen molar-refractivity contribution >= 4 is 33.8 Å². The fourth-order valence-electron chi connectivity index (χ4n) is 3.59. The Bertz CT molecular complexity index is 1210. The van der Waals surface area contributed by atoms with Crippen molar-refractivity contribution in [2.45, 2.75) is 25.7 Å². The molecule has 2 unspecified atom stereocenters. The van der Waals surface area contributed by atoms with Gasteiger partial charge in [0.15, 0.2) is 23.3 Å². The number of pyridine rings is 2. The number of fused-ring (bicyclic) bond motifs is 2. The monoisotopic (exact) mass is 514 g/mol. The van der Waals surface area contributed by atoms with Crippen LogP contribution in [-0.2, 0) is 6.54 Å². The first-order chi connectivity index (χ1) is 14.6. The summed E-state index contributed by atoms with van der Waals surface area (Å²) in [6.45, 7) is 2.65. The van der Waals surface area contributed by atoms with Gasteiger partial charge in [0.25, 0.3) is 0 Å². The van der Waals surface area contributed by atoms with Crippen LogP contribution in [0.5, 0.6) is 17.4 Å². The van der Waals surface area contributed by atoms with Crippen LogP contribution in [0.15, 0.2) is 55.1 Å². The highest BCUT2D eigenvalue weighted by Crippen LogP contribution is 2.40. The minimum Gasteiger partial charge on any atom is -0.483 e. The van der Waals surface area contributed by atoms with E-state index in [-0.39, 0.29) is 12.2 Å². The van der Waals surface area contributed by atoms with E-state index in [1.54, 1.807) is 13.3 Å². The zero-order chi connectivity index (χ0) is 20.7. The molecule has 2 atom stereocenters. The van der Waals surface area contributed by atoms with Crippen LogP contribution in [0.3, 0.4) is 0 Å². The molecule has 4 aromatic rings. The summed E-state index contributed by atoms with van der Waals surface area (Å²) in [7, 11) is 1.60. The first kappa shape index (κ1) is 19.1. The average Bonchev–Trinajstić information content (AvgIpc) is 3.15. The molecule has 0 fully saturated rings. The topological polar surface area (TPSA) is 71.3 Å². The Morgan fingerprint density at radius 1 is 1.03 bits per heavy atom. The summed E-state index contributed by atoms with van der Waals surface area (Å²) >= 11 is 2.24. The predicted molar refractivity (Wildman–Crippen MR) is 120 cm³/mol. The summed E-state index contributed by atoms with van der Waals surface area (Å²) in [6, 6.07) is 11.8. The third kappa shape index (κ3) is 3.55. The van der Waals surface area contributed by atoms with E-state index >= 15 is 0 Å². The fourth-order valence-corrected chi connectivity index (χ4v) is 4.03. The maximum atomic E-state index is 6.24. The van der Waals surface area contributed by atoms with E-state index in [0.717, 1.165) is 37.4 Å². The zero-order valence-corrected chi connectivity index (χ0v) is 18.6. The van der Waals surface area contributed by atoms with Crippen molar-refractivity contribution in [1.82, 2.24) is 19.5 Å². The quantitative estimate of drug-likeness (QED) is 0.377. The van der Waals surface area contributed by atoms with Crippen molar-refractivity contribution in [1.29, 1.82) is 0 Å². The molecule has 1 aliphatic rings. The summed E-state index contributed by atoms with van der Waals surface area (Å²) in [5.41, 5.74) is 3.80. The first-order valence-electron chi connectivity index (χ1n) is 9.53. The summed E-state index contributed by atoms with van der Waals surface area (Å²) in [4.78, 5) is 13.2. The van der Waals surface area contributed by atoms with Crippen molar-refractivity contribution in [2.75, 3.05) is 7.11 Å². The van der Waals surface area contributed by atoms with E-state index in [1.165, 1.54) is 0 Å². The van der Waals surface area contributed by atoms with E-state index < -0.39 is 0 Å². The number of hydrogen-bond acceptors (Lipinski definition) is 6. The summed E-state index contributed by atoms with van der Waals surface area (Å²) < 4.78 is 20.7. The summed E-state index contributed by atoms with van der Waals surface area (Å²) in [6.07, 6.45) is 5.05. The average molecular weight is 514 g/mol. The third-order valence-corrected chi connectivity index (χ3v) is 5.66. The molecule has 0 saturated carbocycles. The van der Waals surface area contributed by atoms with Gasteiger partial charge in [0.2, 0.25) is 5.88 Å². The molecular weight excluding hydrogens is 495 g/mol. The first-order valence-corrected chi connectivity index (χ1v) is 10.6. The molecule has 0 radical (unpaired) electrons. The second-order valence-corrected chi connectivity index (χ2v) is 8.39. The van der Waals surface area contributed by atoms with Crippen molar-refractivity contribution in [3.05, 3.63) is 69.8 Å². The minimum absolute atomic E-state index is 0.152. The molecule has 4 heterocycles. The minimum atomic E-state index is -0.231. The molecule has 5 rings (SSSR count). The number of hydrogen-bond donors (Lipinski definition) is 0. The standard InChI is InChI=1S/C22H19IN4O3/c1-13-21(15-4-6-20(28-2)24-9-15)30-18-5-3-14(7-19(18)29-13)11-27-12-26-17-8-16(23)10-25-22(17)27/h3-10,12-13,21H,11H2,1-2H3. The smallest absolute Gasteiger partial charge is 0.212 e. The van der Waals surface area contributed by atoms with Crippen LogP contribution in [0.4, 0.5) is 0 Å². The Kier molecular flexibility index (Phi) is 4.93. The number of aromatic nitrogens is 4. The molecule has 0 bridgehead atoms. The highest BCUT2D eigenvalue weighted by molar-refractivity contribution is 14.1. The molecule has 8 heteroatoms. The Labute approximate surface area is 187 Å². The van der Waals surface area contributed by atoms with E-state index in [0.29, 0.717) is 12.4 Å². The van der Waals surface area contributed by atoms with Gasteiger partial charge in [-0.05, 0) is 59.3 Å². The van der Waals surface area contributed by atoms with Gasteiger partial charge in [-0.2, -0.15) is 0 Å². The molecule has 0 N–H and O–H groups in total. The van der Waals surface area contributed by atoms with Crippen LogP contribution in [0.25, 0.3) is 11.2 Å². The second-order valence-electron chi connectivity index (χ2n) is 7.15. The van der Waals surface area contributed by atoms with E-state index in [2.05, 4.69) is 37.5 Å². The van der Waals surface area contributed by atoms with Crippen LogP contribution in [0.1, 0.15) is 24.2 Å². The van der Waals surface area contributed by atoms with Gasteiger partial charge in [0.1, 0.15) is 11.6 Å². The molecule has 0 spiro atoms. The molecule has 0 aliphatic carbocycles. The highest BCUT2D eigenvalue weighted by Gasteiger charge is 2.30. The normalized spacial score (nSPS) is 17.8. The van der Waals surface area contributed by atoms with Crippen molar-refractivity contribution in [2.24, 2.45) is 0 Å². The molecule has 0 amide bonds. The molecule has 1 aliphatic heterocycles. The summed E-state index contributed by atoms with van der Waals surface area (Å²) in [5.74, 6) is 2.04. The van der Waals surface area contributed by atoms with Crippen molar-refractivity contribution < 1.29 is 14.2 Å². The highest BCUT2D eigenvalue weighted by atomic mass is 127. The number of halogens is 1. The Hall–Kier alpha value is -2.88. The third-order valence-electron chi connectivity index (χ3n) is 5.07. The number of imidazole rings is 1. The molecule has 0 saturated heterocycles. The SMILES string of the molecule is COc1ccc(C2Oc3ccc(Cn4cnc5cc(I)cnc54)cc3OC2C)cn1. The molecule has 7 nitrogen and oxygen atoms in total. The van der Waals surface area contributed by atoms with Gasteiger partial charge < -0.3 is 18.8 Å². The summed E-state index contributed by atoms with van der Waals surface area (Å²) in [5, 5.41) is 0. The number of benzene rings is 1. The number of methoxy groups -OCH3 is 1. The zero-order valence-electron chi connectivity index (χ0n) is 16.4. The maximum Gasteiger partial charge on any atom is 0.212 e. The van der Waals surface area contributed by atoms with E-state index in [9.17, 15) is 0 Å². The van der Waals surface area contributed by atoms with Gasteiger partial charge in [-0.15, -0.1) is 0 Å². The van der Waals surface area contributed by atoms with Gasteiger partial charge in [-0.1, -0.05) is 6.07 Å². The second kappa shape index (κ2) is 7.75. The Morgan fingerprint density at radius 2 is 1.93 bits per heavy atom. The van der Waals surface area contributed by atoms with Crippen molar-refractivity contribution in [3.63, 3.8) is 0 Å². The van der Waals surface area contributed by atoms with Gasteiger partial charge in [-0.3, -0.25) is 0 Å².